The lowest BCUT2D eigenvalue weighted by Gasteiger charge is -2.44. The van der Waals surface area contributed by atoms with Crippen LogP contribution in [0.5, 0.6) is 11.5 Å². The van der Waals surface area contributed by atoms with Crippen molar-refractivity contribution >= 4 is 32.3 Å². The van der Waals surface area contributed by atoms with Gasteiger partial charge in [0.1, 0.15) is 42.0 Å². The quantitative estimate of drug-likeness (QED) is 0.0224. The Morgan fingerprint density at radius 3 is 1.73 bits per heavy atom. The number of amides is 1. The third-order valence-corrected chi connectivity index (χ3v) is 13.6. The third-order valence-electron chi connectivity index (χ3n) is 11.4. The monoisotopic (exact) mass is 1060 g/mol. The van der Waals surface area contributed by atoms with E-state index in [2.05, 4.69) is 38.4 Å². The van der Waals surface area contributed by atoms with E-state index < -0.39 is 74.6 Å². The van der Waals surface area contributed by atoms with Crippen molar-refractivity contribution < 1.29 is 80.3 Å². The summed E-state index contributed by atoms with van der Waals surface area (Å²) in [4.78, 5) is 48.1. The average molecular weight is 1060 g/mol. The van der Waals surface area contributed by atoms with Gasteiger partial charge in [0, 0.05) is 39.3 Å². The second-order valence-corrected chi connectivity index (χ2v) is 19.0. The second kappa shape index (κ2) is 32.2. The lowest BCUT2D eigenvalue weighted by molar-refractivity contribution is -0.293. The van der Waals surface area contributed by atoms with Crippen LogP contribution in [0.1, 0.15) is 78.0 Å². The lowest BCUT2D eigenvalue weighted by atomic mass is 9.80. The van der Waals surface area contributed by atoms with Crippen molar-refractivity contribution in [1.29, 1.82) is 5.26 Å². The van der Waals surface area contributed by atoms with Crippen LogP contribution < -0.4 is 15.2 Å². The SMILES string of the molecule is COc1ccc(C(OC[C@@H](COCCOCCOCCO[C@@H]2O[C@H](COC(C)=O)[C@H](OC(C)=O)[C@H](OC(C)=O)[C@H]2CC(N)=O)OP(OCCC#N)N(C(C)C)C(C)C)(c2ccccc2)c2ccc(OC)cc2)cc1. The summed E-state index contributed by atoms with van der Waals surface area (Å²) >= 11 is 0. The molecule has 3 aromatic rings. The highest BCUT2D eigenvalue weighted by atomic mass is 31.2. The number of nitriles is 1. The second-order valence-electron chi connectivity index (χ2n) is 17.6. The molecule has 0 bridgehead atoms. The van der Waals surface area contributed by atoms with Crippen molar-refractivity contribution in [3.63, 3.8) is 0 Å². The molecule has 7 atom stereocenters. The highest BCUT2D eigenvalue weighted by Crippen LogP contribution is 2.48. The van der Waals surface area contributed by atoms with Gasteiger partial charge in [0.2, 0.25) is 5.91 Å². The number of nitrogens with zero attached hydrogens (tertiary/aromatic N) is 2. The van der Waals surface area contributed by atoms with Gasteiger partial charge >= 0.3 is 17.9 Å². The fourth-order valence-electron chi connectivity index (χ4n) is 8.28. The van der Waals surface area contributed by atoms with Gasteiger partial charge in [-0.2, -0.15) is 5.26 Å². The number of benzene rings is 3. The predicted octanol–water partition coefficient (Wildman–Crippen LogP) is 6.38. The summed E-state index contributed by atoms with van der Waals surface area (Å²) in [5, 5.41) is 9.41. The fraction of sp³-hybridized carbons (Fsp3) is 0.566. The van der Waals surface area contributed by atoms with E-state index in [1.807, 2.05) is 78.9 Å². The number of rotatable bonds is 34. The van der Waals surface area contributed by atoms with Gasteiger partial charge in [-0.05, 0) is 68.7 Å². The predicted molar refractivity (Wildman–Crippen MR) is 270 cm³/mol. The standard InChI is InChI=1S/C53H74N3O17P/c1-36(2)56(37(3)4)74(69-25-13-24-54)73-46(34-68-53(41-14-11-10-12-15-41,42-16-20-44(61-8)21-17-42)43-18-22-45(62-9)23-19-43)33-65-29-28-63-26-27-64-30-31-66-52-47(32-49(55)60)50(70-39(6)58)51(71-40(7)59)48(72-52)35-67-38(5)57/h10-12,14-23,36-37,46-48,50-52H,13,25-35H2,1-9H3,(H2,55,60)/t46-,47-,48-,50-,51+,52-,74?/m1/s1. The molecule has 21 heteroatoms. The van der Waals surface area contributed by atoms with Gasteiger partial charge < -0.3 is 66.9 Å². The summed E-state index contributed by atoms with van der Waals surface area (Å²) in [6.45, 7) is 12.6. The van der Waals surface area contributed by atoms with Crippen LogP contribution in [0.2, 0.25) is 0 Å². The molecule has 1 unspecified atom stereocenters. The summed E-state index contributed by atoms with van der Waals surface area (Å²) in [5.74, 6) is -2.39. The fourth-order valence-corrected chi connectivity index (χ4v) is 9.96. The first-order valence-electron chi connectivity index (χ1n) is 24.5. The Labute approximate surface area is 436 Å². The molecule has 2 N–H and O–H groups in total. The van der Waals surface area contributed by atoms with E-state index in [0.717, 1.165) is 30.5 Å². The number of primary amides is 1. The molecule has 408 valence electrons. The Morgan fingerprint density at radius 2 is 1.23 bits per heavy atom. The number of nitrogens with two attached hydrogens (primary N) is 1. The molecule has 1 heterocycles. The van der Waals surface area contributed by atoms with Crippen molar-refractivity contribution in [3.8, 4) is 17.6 Å². The molecule has 0 aromatic heterocycles. The Hall–Kier alpha value is -5.30. The number of carbonyl (C=O) groups is 4. The molecule has 74 heavy (non-hydrogen) atoms. The van der Waals surface area contributed by atoms with Crippen LogP contribution in [0.3, 0.4) is 0 Å². The topological polar surface area (TPSA) is 241 Å². The third kappa shape index (κ3) is 19.1. The average Bonchev–Trinajstić information content (AvgIpc) is 3.36. The van der Waals surface area contributed by atoms with Crippen LogP contribution in [-0.2, 0) is 76.5 Å². The normalized spacial score (nSPS) is 18.6. The zero-order chi connectivity index (χ0) is 54.0. The van der Waals surface area contributed by atoms with Crippen LogP contribution in [-0.4, -0.2) is 152 Å². The Kier molecular flexibility index (Phi) is 26.7. The van der Waals surface area contributed by atoms with E-state index in [9.17, 15) is 24.4 Å². The van der Waals surface area contributed by atoms with E-state index >= 15 is 0 Å². The minimum atomic E-state index is -1.70. The van der Waals surface area contributed by atoms with Crippen molar-refractivity contribution in [3.05, 3.63) is 95.6 Å². The van der Waals surface area contributed by atoms with Crippen LogP contribution in [0, 0.1) is 17.2 Å². The molecule has 0 saturated carbocycles. The Bertz CT molecular complexity index is 2120. The van der Waals surface area contributed by atoms with E-state index in [4.69, 9.17) is 66.9 Å². The maximum Gasteiger partial charge on any atom is 0.303 e. The molecular weight excluding hydrogens is 982 g/mol. The molecule has 1 saturated heterocycles. The van der Waals surface area contributed by atoms with Gasteiger partial charge in [-0.15, -0.1) is 0 Å². The van der Waals surface area contributed by atoms with Crippen molar-refractivity contribution in [2.24, 2.45) is 11.7 Å². The molecule has 20 nitrogen and oxygen atoms in total. The summed E-state index contributed by atoms with van der Waals surface area (Å²) < 4.78 is 79.6. The first-order valence-corrected chi connectivity index (χ1v) is 25.7. The number of hydrogen-bond acceptors (Lipinski definition) is 19. The molecule has 3 aromatic carbocycles. The van der Waals surface area contributed by atoms with E-state index in [0.29, 0.717) is 11.5 Å². The molecule has 0 spiro atoms. The van der Waals surface area contributed by atoms with Gasteiger partial charge in [-0.1, -0.05) is 54.6 Å². The maximum absolute atomic E-state index is 12.2. The Morgan fingerprint density at radius 1 is 0.703 bits per heavy atom. The lowest BCUT2D eigenvalue weighted by Crippen LogP contribution is -2.60. The van der Waals surface area contributed by atoms with Gasteiger partial charge in [-0.3, -0.25) is 19.2 Å². The number of methoxy groups -OCH3 is 2. The van der Waals surface area contributed by atoms with Crippen LogP contribution in [0.25, 0.3) is 0 Å². The number of carbonyl (C=O) groups excluding carboxylic acids is 4. The first kappa shape index (κ1) is 61.2. The largest absolute Gasteiger partial charge is 0.497 e. The first-order chi connectivity index (χ1) is 35.5. The number of esters is 3. The van der Waals surface area contributed by atoms with Crippen molar-refractivity contribution in [2.45, 2.75) is 110 Å². The minimum absolute atomic E-state index is 0.0336. The molecule has 1 amide bonds. The summed E-state index contributed by atoms with van der Waals surface area (Å²) in [7, 11) is 1.54. The molecule has 0 radical (unpaired) electrons. The minimum Gasteiger partial charge on any atom is -0.497 e. The smallest absolute Gasteiger partial charge is 0.303 e. The van der Waals surface area contributed by atoms with E-state index in [1.54, 1.807) is 14.2 Å². The van der Waals surface area contributed by atoms with E-state index in [1.165, 1.54) is 6.92 Å². The number of ether oxygens (including phenoxy) is 11. The highest BCUT2D eigenvalue weighted by molar-refractivity contribution is 7.44. The number of hydrogen-bond donors (Lipinski definition) is 1. The van der Waals surface area contributed by atoms with Crippen molar-refractivity contribution in [2.75, 3.05) is 80.3 Å². The van der Waals surface area contributed by atoms with Crippen LogP contribution in [0.15, 0.2) is 78.9 Å². The van der Waals surface area contributed by atoms with Crippen LogP contribution in [0.4, 0.5) is 0 Å². The summed E-state index contributed by atoms with van der Waals surface area (Å²) in [6.07, 6.45) is -5.56. The van der Waals surface area contributed by atoms with Gasteiger partial charge in [-0.25, -0.2) is 4.67 Å². The molecule has 0 aliphatic carbocycles. The summed E-state index contributed by atoms with van der Waals surface area (Å²) in [6, 6.07) is 27.7. The van der Waals surface area contributed by atoms with Crippen molar-refractivity contribution in [1.82, 2.24) is 4.67 Å². The van der Waals surface area contributed by atoms with E-state index in [-0.39, 0.29) is 91.0 Å². The zero-order valence-corrected chi connectivity index (χ0v) is 44.9. The molecular formula is C53H74N3O17P. The molecule has 1 fully saturated rings. The van der Waals surface area contributed by atoms with Gasteiger partial charge in [0.05, 0.1) is 92.1 Å². The molecule has 1 aliphatic heterocycles. The molecule has 1 aliphatic rings. The maximum atomic E-state index is 12.2. The Balaban J connectivity index is 1.45. The van der Waals surface area contributed by atoms with Gasteiger partial charge in [0.25, 0.3) is 8.53 Å². The highest BCUT2D eigenvalue weighted by Gasteiger charge is 2.51. The summed E-state index contributed by atoms with van der Waals surface area (Å²) in [5.41, 5.74) is 6.97. The van der Waals surface area contributed by atoms with Crippen LogP contribution >= 0.6 is 8.53 Å². The molecule has 4 rings (SSSR count). The van der Waals surface area contributed by atoms with Gasteiger partial charge in [0.15, 0.2) is 12.4 Å². The zero-order valence-electron chi connectivity index (χ0n) is 44.0.